The van der Waals surface area contributed by atoms with E-state index in [0.29, 0.717) is 17.5 Å². The summed E-state index contributed by atoms with van der Waals surface area (Å²) >= 11 is 0. The highest BCUT2D eigenvalue weighted by atomic mass is 19.4. The summed E-state index contributed by atoms with van der Waals surface area (Å²) in [6.45, 7) is 0.176. The standard InChI is InChI=1S/C26H23F4N3O2/c27-24-15-20(26(28,29)30)9-7-19(24)8-12-25-32-22(17-35-25)16-34-23-10-5-18(6-11-23)3-1-2-4-21-13-14-31-33-21/h5-15,17H,1-4,16H2,(H,31,33)/b12-8+. The summed E-state index contributed by atoms with van der Waals surface area (Å²) in [6.07, 6.45) is 5.38. The Bertz CT molecular complexity index is 1250. The number of hydrogen-bond donors (Lipinski definition) is 1. The molecule has 9 heteroatoms. The second-order valence-electron chi connectivity index (χ2n) is 7.97. The van der Waals surface area contributed by atoms with E-state index in [1.165, 1.54) is 24.0 Å². The number of alkyl halides is 3. The lowest BCUT2D eigenvalue weighted by atomic mass is 10.1. The number of aromatic amines is 1. The van der Waals surface area contributed by atoms with E-state index in [2.05, 4.69) is 15.2 Å². The highest BCUT2D eigenvalue weighted by molar-refractivity contribution is 5.66. The van der Waals surface area contributed by atoms with Gasteiger partial charge in [-0.25, -0.2) is 9.37 Å². The molecule has 182 valence electrons. The summed E-state index contributed by atoms with van der Waals surface area (Å²) in [5, 5.41) is 6.91. The molecule has 2 heterocycles. The van der Waals surface area contributed by atoms with Crippen LogP contribution < -0.4 is 4.74 Å². The molecule has 0 atom stereocenters. The minimum absolute atomic E-state index is 0.00426. The quantitative estimate of drug-likeness (QED) is 0.197. The van der Waals surface area contributed by atoms with Gasteiger partial charge in [-0.15, -0.1) is 0 Å². The van der Waals surface area contributed by atoms with Gasteiger partial charge in [-0.3, -0.25) is 5.10 Å². The minimum atomic E-state index is -4.60. The van der Waals surface area contributed by atoms with Crippen molar-refractivity contribution in [3.8, 4) is 5.75 Å². The molecule has 0 radical (unpaired) electrons. The Kier molecular flexibility index (Phi) is 7.64. The summed E-state index contributed by atoms with van der Waals surface area (Å²) in [5.74, 6) is -0.0982. The number of H-pyrrole nitrogens is 1. The van der Waals surface area contributed by atoms with E-state index in [9.17, 15) is 17.6 Å². The summed E-state index contributed by atoms with van der Waals surface area (Å²) in [7, 11) is 0. The number of aromatic nitrogens is 3. The Labute approximate surface area is 199 Å². The smallest absolute Gasteiger partial charge is 0.416 e. The fourth-order valence-electron chi connectivity index (χ4n) is 3.44. The van der Waals surface area contributed by atoms with Crippen LogP contribution in [0.4, 0.5) is 17.6 Å². The fraction of sp³-hybridized carbons (Fsp3) is 0.231. The van der Waals surface area contributed by atoms with Gasteiger partial charge in [0.2, 0.25) is 5.89 Å². The number of ether oxygens (including phenoxy) is 1. The lowest BCUT2D eigenvalue weighted by molar-refractivity contribution is -0.137. The number of halogens is 4. The second kappa shape index (κ2) is 11.0. The molecule has 0 amide bonds. The first-order valence-electron chi connectivity index (χ1n) is 11.1. The van der Waals surface area contributed by atoms with Crippen LogP contribution in [-0.4, -0.2) is 15.2 Å². The predicted octanol–water partition coefficient (Wildman–Crippen LogP) is 6.87. The van der Waals surface area contributed by atoms with Gasteiger partial charge in [0.25, 0.3) is 0 Å². The van der Waals surface area contributed by atoms with Crippen molar-refractivity contribution in [3.63, 3.8) is 0 Å². The van der Waals surface area contributed by atoms with Crippen LogP contribution in [0.5, 0.6) is 5.75 Å². The van der Waals surface area contributed by atoms with Crippen LogP contribution in [0.3, 0.4) is 0 Å². The first-order chi connectivity index (χ1) is 16.9. The van der Waals surface area contributed by atoms with Crippen molar-refractivity contribution in [2.45, 2.75) is 38.5 Å². The van der Waals surface area contributed by atoms with Crippen molar-refractivity contribution in [3.05, 3.63) is 101 Å². The van der Waals surface area contributed by atoms with Crippen molar-refractivity contribution in [1.82, 2.24) is 15.2 Å². The molecule has 0 bridgehead atoms. The molecule has 0 saturated carbocycles. The Balaban J connectivity index is 1.24. The molecular formula is C26H23F4N3O2. The number of unbranched alkanes of at least 4 members (excludes halogenated alkanes) is 1. The Morgan fingerprint density at radius 2 is 1.77 bits per heavy atom. The molecule has 35 heavy (non-hydrogen) atoms. The Morgan fingerprint density at radius 1 is 0.971 bits per heavy atom. The lowest BCUT2D eigenvalue weighted by Gasteiger charge is -2.07. The highest BCUT2D eigenvalue weighted by Gasteiger charge is 2.30. The molecule has 4 aromatic rings. The van der Waals surface area contributed by atoms with Crippen LogP contribution in [0.2, 0.25) is 0 Å². The van der Waals surface area contributed by atoms with Crippen molar-refractivity contribution in [2.75, 3.05) is 0 Å². The summed E-state index contributed by atoms with van der Waals surface area (Å²) in [5.41, 5.74) is 1.86. The van der Waals surface area contributed by atoms with Crippen molar-refractivity contribution in [2.24, 2.45) is 0 Å². The van der Waals surface area contributed by atoms with Crippen LogP contribution >= 0.6 is 0 Å². The maximum atomic E-state index is 13.9. The molecule has 0 aliphatic carbocycles. The van der Waals surface area contributed by atoms with E-state index in [0.717, 1.165) is 43.5 Å². The molecule has 0 aliphatic heterocycles. The van der Waals surface area contributed by atoms with Gasteiger partial charge in [0.1, 0.15) is 30.1 Å². The maximum Gasteiger partial charge on any atom is 0.416 e. The van der Waals surface area contributed by atoms with Gasteiger partial charge >= 0.3 is 6.18 Å². The average Bonchev–Trinajstić information content (AvgIpc) is 3.52. The van der Waals surface area contributed by atoms with Gasteiger partial charge in [0.05, 0.1) is 5.56 Å². The SMILES string of the molecule is Fc1cc(C(F)(F)F)ccc1/C=C/c1nc(COc2ccc(CCCCc3ccn[nH]3)cc2)co1. The monoisotopic (exact) mass is 485 g/mol. The zero-order valence-electron chi connectivity index (χ0n) is 18.7. The van der Waals surface area contributed by atoms with E-state index >= 15 is 0 Å². The van der Waals surface area contributed by atoms with Gasteiger partial charge in [0, 0.05) is 23.5 Å². The topological polar surface area (TPSA) is 63.9 Å². The number of rotatable bonds is 10. The van der Waals surface area contributed by atoms with Crippen LogP contribution in [-0.2, 0) is 25.6 Å². The van der Waals surface area contributed by atoms with E-state index < -0.39 is 17.6 Å². The van der Waals surface area contributed by atoms with Crippen LogP contribution in [0, 0.1) is 5.82 Å². The summed E-state index contributed by atoms with van der Waals surface area (Å²) < 4.78 is 62.9. The van der Waals surface area contributed by atoms with E-state index in [1.54, 1.807) is 6.20 Å². The van der Waals surface area contributed by atoms with E-state index in [1.807, 2.05) is 30.3 Å². The Morgan fingerprint density at radius 3 is 2.49 bits per heavy atom. The van der Waals surface area contributed by atoms with Crippen molar-refractivity contribution in [1.29, 1.82) is 0 Å². The molecule has 2 aromatic heterocycles. The third-order valence-corrected chi connectivity index (χ3v) is 5.33. The minimum Gasteiger partial charge on any atom is -0.487 e. The second-order valence-corrected chi connectivity index (χ2v) is 7.97. The molecule has 0 unspecified atom stereocenters. The van der Waals surface area contributed by atoms with Crippen LogP contribution in [0.25, 0.3) is 12.2 Å². The fourth-order valence-corrected chi connectivity index (χ4v) is 3.44. The normalized spacial score (nSPS) is 11.9. The molecule has 0 spiro atoms. The number of nitrogens with one attached hydrogen (secondary N) is 1. The zero-order valence-corrected chi connectivity index (χ0v) is 18.7. The number of aryl methyl sites for hydroxylation is 2. The van der Waals surface area contributed by atoms with Crippen LogP contribution in [0.1, 0.15) is 46.8 Å². The van der Waals surface area contributed by atoms with Gasteiger partial charge in [-0.1, -0.05) is 18.2 Å². The van der Waals surface area contributed by atoms with Crippen molar-refractivity contribution < 1.29 is 26.7 Å². The van der Waals surface area contributed by atoms with E-state index in [-0.39, 0.29) is 18.1 Å². The van der Waals surface area contributed by atoms with Gasteiger partial charge in [-0.05, 0) is 67.7 Å². The van der Waals surface area contributed by atoms with E-state index in [4.69, 9.17) is 9.15 Å². The van der Waals surface area contributed by atoms with Gasteiger partial charge in [0.15, 0.2) is 0 Å². The first-order valence-corrected chi connectivity index (χ1v) is 11.1. The zero-order chi connectivity index (χ0) is 24.7. The van der Waals surface area contributed by atoms with Gasteiger partial charge < -0.3 is 9.15 Å². The number of oxazole rings is 1. The summed E-state index contributed by atoms with van der Waals surface area (Å²) in [4.78, 5) is 4.23. The highest BCUT2D eigenvalue weighted by Crippen LogP contribution is 2.30. The maximum absolute atomic E-state index is 13.9. The average molecular weight is 485 g/mol. The molecule has 0 saturated heterocycles. The molecular weight excluding hydrogens is 462 g/mol. The molecule has 2 aromatic carbocycles. The molecule has 5 nitrogen and oxygen atoms in total. The largest absolute Gasteiger partial charge is 0.487 e. The predicted molar refractivity (Wildman–Crippen MR) is 123 cm³/mol. The molecule has 1 N–H and O–H groups in total. The first kappa shape index (κ1) is 24.3. The Hall–Kier alpha value is -3.88. The van der Waals surface area contributed by atoms with Crippen LogP contribution in [0.15, 0.2) is 65.4 Å². The van der Waals surface area contributed by atoms with Gasteiger partial charge in [-0.2, -0.15) is 18.3 Å². The molecule has 0 aliphatic rings. The molecule has 4 rings (SSSR count). The lowest BCUT2D eigenvalue weighted by Crippen LogP contribution is -2.05. The summed E-state index contributed by atoms with van der Waals surface area (Å²) in [6, 6.07) is 12.2. The number of benzene rings is 2. The molecule has 0 fully saturated rings. The third-order valence-electron chi connectivity index (χ3n) is 5.33. The number of nitrogens with zero attached hydrogens (tertiary/aromatic N) is 2. The number of hydrogen-bond acceptors (Lipinski definition) is 4. The van der Waals surface area contributed by atoms with Crippen molar-refractivity contribution >= 4 is 12.2 Å². The third kappa shape index (κ3) is 7.05.